The van der Waals surface area contributed by atoms with Crippen molar-refractivity contribution in [2.24, 2.45) is 5.92 Å². The first-order valence-electron chi connectivity index (χ1n) is 13.3. The predicted molar refractivity (Wildman–Crippen MR) is 137 cm³/mol. The van der Waals surface area contributed by atoms with Crippen LogP contribution in [0.1, 0.15) is 69.2 Å². The van der Waals surface area contributed by atoms with Crippen LogP contribution in [0.5, 0.6) is 0 Å². The highest BCUT2D eigenvalue weighted by Crippen LogP contribution is 2.30. The maximum atomic E-state index is 13.7. The molecule has 2 saturated heterocycles. The monoisotopic (exact) mass is 490 g/mol. The number of hydrogen-bond donors (Lipinski definition) is 0. The molecule has 190 valence electrons. The van der Waals surface area contributed by atoms with Crippen LogP contribution in [-0.4, -0.2) is 87.3 Å². The van der Waals surface area contributed by atoms with E-state index >= 15 is 0 Å². The largest absolute Gasteiger partial charge is 0.371 e. The Morgan fingerprint density at radius 3 is 2.18 bits per heavy atom. The molecule has 34 heavy (non-hydrogen) atoms. The Morgan fingerprint density at radius 2 is 1.56 bits per heavy atom. The van der Waals surface area contributed by atoms with E-state index in [0.29, 0.717) is 31.7 Å². The highest BCUT2D eigenvalue weighted by molar-refractivity contribution is 7.89. The van der Waals surface area contributed by atoms with Crippen molar-refractivity contribution < 1.29 is 13.2 Å². The van der Waals surface area contributed by atoms with Gasteiger partial charge in [-0.3, -0.25) is 9.69 Å². The standard InChI is InChI=1S/C26H42N4O3S/c1-3-30(4-2)34(32,33)23-12-13-25(28-14-8-9-15-28)24(20-23)26(31)29-18-16-27(17-19-29)21-22-10-6-5-7-11-22/h12-13,20,22H,3-11,14-19,21H2,1-2H3. The lowest BCUT2D eigenvalue weighted by molar-refractivity contribution is 0.0606. The van der Waals surface area contributed by atoms with Crippen molar-refractivity contribution in [2.45, 2.75) is 63.7 Å². The third-order valence-corrected chi connectivity index (χ3v) is 9.93. The lowest BCUT2D eigenvalue weighted by Crippen LogP contribution is -2.50. The van der Waals surface area contributed by atoms with Crippen molar-refractivity contribution in [1.82, 2.24) is 14.1 Å². The highest BCUT2D eigenvalue weighted by Gasteiger charge is 2.30. The van der Waals surface area contributed by atoms with Gasteiger partial charge in [0.05, 0.1) is 10.5 Å². The SMILES string of the molecule is CCN(CC)S(=O)(=O)c1ccc(N2CCCC2)c(C(=O)N2CCN(CC3CCCCC3)CC2)c1. The number of benzene rings is 1. The minimum atomic E-state index is -3.62. The molecule has 4 rings (SSSR count). The fourth-order valence-electron chi connectivity index (χ4n) is 5.83. The topological polar surface area (TPSA) is 64.2 Å². The number of carbonyl (C=O) groups is 1. The molecule has 0 spiro atoms. The van der Waals surface area contributed by atoms with Crippen molar-refractivity contribution in [2.75, 3.05) is 63.8 Å². The summed E-state index contributed by atoms with van der Waals surface area (Å²) in [5, 5.41) is 0. The first kappa shape index (κ1) is 25.5. The number of anilines is 1. The number of rotatable bonds is 8. The molecular formula is C26H42N4O3S. The van der Waals surface area contributed by atoms with Crippen molar-refractivity contribution in [1.29, 1.82) is 0 Å². The molecule has 0 unspecified atom stereocenters. The van der Waals surface area contributed by atoms with E-state index in [2.05, 4.69) is 9.80 Å². The molecule has 1 saturated carbocycles. The second-order valence-corrected chi connectivity index (χ2v) is 12.0. The summed E-state index contributed by atoms with van der Waals surface area (Å²) in [6.07, 6.45) is 8.98. The maximum absolute atomic E-state index is 13.7. The molecule has 8 heteroatoms. The van der Waals surface area contributed by atoms with Crippen molar-refractivity contribution in [3.63, 3.8) is 0 Å². The van der Waals surface area contributed by atoms with Gasteiger partial charge >= 0.3 is 0 Å². The summed E-state index contributed by atoms with van der Waals surface area (Å²) in [6, 6.07) is 5.17. The average molecular weight is 491 g/mol. The normalized spacial score (nSPS) is 20.9. The fourth-order valence-corrected chi connectivity index (χ4v) is 7.32. The van der Waals surface area contributed by atoms with Crippen LogP contribution in [0.3, 0.4) is 0 Å². The van der Waals surface area contributed by atoms with Crippen molar-refractivity contribution in [3.05, 3.63) is 23.8 Å². The van der Waals surface area contributed by atoms with Crippen molar-refractivity contribution in [3.8, 4) is 0 Å². The van der Waals surface area contributed by atoms with Crippen LogP contribution in [0.4, 0.5) is 5.69 Å². The molecule has 0 radical (unpaired) electrons. The zero-order chi connectivity index (χ0) is 24.1. The van der Waals surface area contributed by atoms with E-state index in [-0.39, 0.29) is 10.8 Å². The molecule has 2 heterocycles. The van der Waals surface area contributed by atoms with Gasteiger partial charge < -0.3 is 9.80 Å². The number of piperazine rings is 1. The first-order chi connectivity index (χ1) is 16.4. The molecule has 2 aliphatic heterocycles. The van der Waals surface area contributed by atoms with Gasteiger partial charge in [0.1, 0.15) is 0 Å². The van der Waals surface area contributed by atoms with Gasteiger partial charge in [0.2, 0.25) is 10.0 Å². The number of hydrogen-bond acceptors (Lipinski definition) is 5. The zero-order valence-corrected chi connectivity index (χ0v) is 21.9. The van der Waals surface area contributed by atoms with Crippen LogP contribution >= 0.6 is 0 Å². The molecule has 3 aliphatic rings. The quantitative estimate of drug-likeness (QED) is 0.557. The van der Waals surface area contributed by atoms with Gasteiger partial charge in [0, 0.05) is 64.6 Å². The predicted octanol–water partition coefficient (Wildman–Crippen LogP) is 3.66. The lowest BCUT2D eigenvalue weighted by atomic mass is 9.89. The summed E-state index contributed by atoms with van der Waals surface area (Å²) >= 11 is 0. The second-order valence-electron chi connectivity index (χ2n) is 10.1. The highest BCUT2D eigenvalue weighted by atomic mass is 32.2. The zero-order valence-electron chi connectivity index (χ0n) is 21.0. The molecule has 3 fully saturated rings. The number of nitrogens with zero attached hydrogens (tertiary/aromatic N) is 4. The molecule has 1 aromatic carbocycles. The van der Waals surface area contributed by atoms with Gasteiger partial charge in [0.25, 0.3) is 5.91 Å². The summed E-state index contributed by atoms with van der Waals surface area (Å²) in [7, 11) is -3.62. The minimum absolute atomic E-state index is 0.0317. The van der Waals surface area contributed by atoms with Crippen LogP contribution in [0.15, 0.2) is 23.1 Å². The Kier molecular flexibility index (Phi) is 8.53. The van der Waals surface area contributed by atoms with Crippen LogP contribution in [0.25, 0.3) is 0 Å². The van der Waals surface area contributed by atoms with E-state index in [0.717, 1.165) is 57.2 Å². The van der Waals surface area contributed by atoms with E-state index < -0.39 is 10.0 Å². The smallest absolute Gasteiger partial charge is 0.256 e. The molecule has 0 atom stereocenters. The fraction of sp³-hybridized carbons (Fsp3) is 0.731. The van der Waals surface area contributed by atoms with E-state index in [4.69, 9.17) is 0 Å². The Hall–Kier alpha value is -1.64. The molecule has 1 aliphatic carbocycles. The average Bonchev–Trinajstić information content (AvgIpc) is 3.40. The van der Waals surface area contributed by atoms with Gasteiger partial charge in [-0.1, -0.05) is 33.1 Å². The van der Waals surface area contributed by atoms with Gasteiger partial charge in [0.15, 0.2) is 0 Å². The Morgan fingerprint density at radius 1 is 0.912 bits per heavy atom. The van der Waals surface area contributed by atoms with Gasteiger partial charge in [-0.2, -0.15) is 4.31 Å². The molecule has 0 N–H and O–H groups in total. The van der Waals surface area contributed by atoms with Crippen molar-refractivity contribution >= 4 is 21.6 Å². The number of carbonyl (C=O) groups excluding carboxylic acids is 1. The third kappa shape index (κ3) is 5.60. The van der Waals surface area contributed by atoms with Crippen LogP contribution < -0.4 is 4.90 Å². The molecule has 1 aromatic rings. The first-order valence-corrected chi connectivity index (χ1v) is 14.8. The lowest BCUT2D eigenvalue weighted by Gasteiger charge is -2.37. The van der Waals surface area contributed by atoms with E-state index in [1.54, 1.807) is 12.1 Å². The Bertz CT molecular complexity index is 927. The van der Waals surface area contributed by atoms with Gasteiger partial charge in [-0.15, -0.1) is 0 Å². The summed E-state index contributed by atoms with van der Waals surface area (Å²) in [4.78, 5) is 20.6. The second kappa shape index (κ2) is 11.4. The van der Waals surface area contributed by atoms with Crippen LogP contribution in [0.2, 0.25) is 0 Å². The number of amides is 1. The maximum Gasteiger partial charge on any atom is 0.256 e. The number of sulfonamides is 1. The summed E-state index contributed by atoms with van der Waals surface area (Å²) < 4.78 is 27.8. The minimum Gasteiger partial charge on any atom is -0.371 e. The summed E-state index contributed by atoms with van der Waals surface area (Å²) in [5.41, 5.74) is 1.42. The Labute approximate surface area is 206 Å². The summed E-state index contributed by atoms with van der Waals surface area (Å²) in [6.45, 7) is 10.7. The third-order valence-electron chi connectivity index (χ3n) is 7.89. The van der Waals surface area contributed by atoms with E-state index in [1.807, 2.05) is 24.8 Å². The van der Waals surface area contributed by atoms with E-state index in [9.17, 15) is 13.2 Å². The van der Waals surface area contributed by atoms with Crippen LogP contribution in [-0.2, 0) is 10.0 Å². The molecule has 7 nitrogen and oxygen atoms in total. The Balaban J connectivity index is 1.52. The van der Waals surface area contributed by atoms with E-state index in [1.165, 1.54) is 36.4 Å². The van der Waals surface area contributed by atoms with Gasteiger partial charge in [-0.25, -0.2) is 8.42 Å². The summed E-state index contributed by atoms with van der Waals surface area (Å²) in [5.74, 6) is 0.774. The molecule has 1 amide bonds. The molecular weight excluding hydrogens is 448 g/mol. The van der Waals surface area contributed by atoms with Crippen LogP contribution in [0, 0.1) is 5.92 Å². The molecule has 0 bridgehead atoms. The molecule has 0 aromatic heterocycles. The van der Waals surface area contributed by atoms with Gasteiger partial charge in [-0.05, 0) is 49.8 Å².